The van der Waals surface area contributed by atoms with Crippen LogP contribution in [0.1, 0.15) is 33.5 Å². The van der Waals surface area contributed by atoms with E-state index >= 15 is 0 Å². The Labute approximate surface area is 190 Å². The molecular formula is C24H23N5O2S. The van der Waals surface area contributed by atoms with Gasteiger partial charge in [0.25, 0.3) is 5.91 Å². The second kappa shape index (κ2) is 8.64. The molecule has 1 fully saturated rings. The van der Waals surface area contributed by atoms with Crippen LogP contribution in [0.15, 0.2) is 54.0 Å². The number of fused-ring (bicyclic) bond motifs is 1. The maximum atomic E-state index is 13.4. The summed E-state index contributed by atoms with van der Waals surface area (Å²) in [6.45, 7) is 5.36. The van der Waals surface area contributed by atoms with E-state index < -0.39 is 0 Å². The number of rotatable bonds is 4. The number of nitrogens with zero attached hydrogens (tertiary/aromatic N) is 4. The first kappa shape index (κ1) is 20.5. The molecule has 5 rings (SSSR count). The number of carbonyl (C=O) groups is 1. The van der Waals surface area contributed by atoms with Gasteiger partial charge in [-0.05, 0) is 38.1 Å². The molecule has 1 atom stereocenters. The first-order valence-corrected chi connectivity index (χ1v) is 11.4. The highest BCUT2D eigenvalue weighted by Gasteiger charge is 2.28. The molecule has 4 heterocycles. The summed E-state index contributed by atoms with van der Waals surface area (Å²) in [6.07, 6.45) is 1.42. The van der Waals surface area contributed by atoms with Crippen molar-refractivity contribution < 1.29 is 9.53 Å². The summed E-state index contributed by atoms with van der Waals surface area (Å²) < 4.78 is 6.02. The van der Waals surface area contributed by atoms with E-state index in [9.17, 15) is 4.79 Å². The van der Waals surface area contributed by atoms with Gasteiger partial charge >= 0.3 is 0 Å². The second-order valence-electron chi connectivity index (χ2n) is 7.83. The van der Waals surface area contributed by atoms with Crippen LogP contribution in [0.5, 0.6) is 0 Å². The quantitative estimate of drug-likeness (QED) is 0.492. The number of hydrogen-bond donors (Lipinski definition) is 1. The van der Waals surface area contributed by atoms with Gasteiger partial charge in [-0.25, -0.2) is 4.98 Å². The van der Waals surface area contributed by atoms with E-state index in [4.69, 9.17) is 4.74 Å². The Bertz CT molecular complexity index is 1280. The zero-order chi connectivity index (χ0) is 22.1. The third kappa shape index (κ3) is 4.19. The SMILES string of the molecule is Cc1cc(Nc2nc(C)cs2)cc([C@H]2CN(C(=O)c3cccc4cccnc34)CCO2)n1. The number of anilines is 2. The summed E-state index contributed by atoms with van der Waals surface area (Å²) in [5.74, 6) is -0.0353. The second-order valence-corrected chi connectivity index (χ2v) is 8.69. The summed E-state index contributed by atoms with van der Waals surface area (Å²) in [5.41, 5.74) is 4.91. The molecule has 162 valence electrons. The molecule has 0 bridgehead atoms. The average molecular weight is 446 g/mol. The minimum atomic E-state index is -0.297. The van der Waals surface area contributed by atoms with Crippen LogP contribution >= 0.6 is 11.3 Å². The smallest absolute Gasteiger partial charge is 0.256 e. The van der Waals surface area contributed by atoms with Crippen LogP contribution in [0.4, 0.5) is 10.8 Å². The van der Waals surface area contributed by atoms with E-state index in [1.807, 2.05) is 66.6 Å². The lowest BCUT2D eigenvalue weighted by atomic mass is 10.1. The molecular weight excluding hydrogens is 422 g/mol. The van der Waals surface area contributed by atoms with Crippen LogP contribution in [0, 0.1) is 13.8 Å². The number of amides is 1. The van der Waals surface area contributed by atoms with Gasteiger partial charge in [-0.1, -0.05) is 18.2 Å². The zero-order valence-electron chi connectivity index (χ0n) is 17.9. The number of carbonyl (C=O) groups excluding carboxylic acids is 1. The molecule has 1 saturated heterocycles. The number of benzene rings is 1. The molecule has 1 amide bonds. The van der Waals surface area contributed by atoms with Gasteiger partial charge in [-0.15, -0.1) is 11.3 Å². The Kier molecular flexibility index (Phi) is 5.55. The molecule has 1 aliphatic heterocycles. The van der Waals surface area contributed by atoms with Crippen molar-refractivity contribution in [3.8, 4) is 0 Å². The number of aryl methyl sites for hydroxylation is 2. The van der Waals surface area contributed by atoms with E-state index in [0.717, 1.165) is 38.8 Å². The van der Waals surface area contributed by atoms with Crippen LogP contribution in [0.2, 0.25) is 0 Å². The van der Waals surface area contributed by atoms with Crippen molar-refractivity contribution in [1.82, 2.24) is 19.9 Å². The van der Waals surface area contributed by atoms with Crippen LogP contribution in [-0.4, -0.2) is 45.5 Å². The van der Waals surface area contributed by atoms with Gasteiger partial charge in [0.05, 0.1) is 35.6 Å². The normalized spacial score (nSPS) is 16.3. The Morgan fingerprint density at radius 1 is 1.16 bits per heavy atom. The molecule has 32 heavy (non-hydrogen) atoms. The van der Waals surface area contributed by atoms with E-state index in [-0.39, 0.29) is 12.0 Å². The Hall–Kier alpha value is -3.36. The standard InChI is InChI=1S/C24H23N5O2S/c1-15-11-18(28-24-27-16(2)14-32-24)12-20(26-15)21-13-29(9-10-31-21)23(30)19-7-3-5-17-6-4-8-25-22(17)19/h3-8,11-12,14,21H,9-10,13H2,1-2H3,(H,26,27,28)/t21-/m1/s1. The molecule has 0 spiro atoms. The summed E-state index contributed by atoms with van der Waals surface area (Å²) in [5, 5.41) is 7.15. The highest BCUT2D eigenvalue weighted by Crippen LogP contribution is 2.28. The summed E-state index contributed by atoms with van der Waals surface area (Å²) in [4.78, 5) is 28.8. The Morgan fingerprint density at radius 2 is 2.03 bits per heavy atom. The number of hydrogen-bond acceptors (Lipinski definition) is 7. The van der Waals surface area contributed by atoms with Gasteiger partial charge in [0.15, 0.2) is 5.13 Å². The predicted molar refractivity (Wildman–Crippen MR) is 125 cm³/mol. The lowest BCUT2D eigenvalue weighted by molar-refractivity contribution is -0.0246. The minimum Gasteiger partial charge on any atom is -0.368 e. The van der Waals surface area contributed by atoms with Crippen LogP contribution in [-0.2, 0) is 4.74 Å². The predicted octanol–water partition coefficient (Wildman–Crippen LogP) is 4.66. The molecule has 0 radical (unpaired) electrons. The van der Waals surface area contributed by atoms with Gasteiger partial charge in [-0.3, -0.25) is 14.8 Å². The first-order chi connectivity index (χ1) is 15.6. The van der Waals surface area contributed by atoms with Gasteiger partial charge in [0, 0.05) is 34.9 Å². The average Bonchev–Trinajstić information content (AvgIpc) is 3.22. The van der Waals surface area contributed by atoms with Gasteiger partial charge in [-0.2, -0.15) is 0 Å². The molecule has 0 aliphatic carbocycles. The van der Waals surface area contributed by atoms with E-state index in [0.29, 0.717) is 25.3 Å². The van der Waals surface area contributed by atoms with Gasteiger partial charge in [0.2, 0.25) is 0 Å². The molecule has 4 aromatic rings. The molecule has 8 heteroatoms. The molecule has 3 aromatic heterocycles. The minimum absolute atomic E-state index is 0.0353. The van der Waals surface area contributed by atoms with Crippen molar-refractivity contribution in [3.63, 3.8) is 0 Å². The molecule has 7 nitrogen and oxygen atoms in total. The van der Waals surface area contributed by atoms with E-state index in [1.54, 1.807) is 17.5 Å². The first-order valence-electron chi connectivity index (χ1n) is 10.5. The maximum absolute atomic E-state index is 13.4. The summed E-state index contributed by atoms with van der Waals surface area (Å²) in [7, 11) is 0. The van der Waals surface area contributed by atoms with Crippen molar-refractivity contribution in [3.05, 3.63) is 76.7 Å². The Balaban J connectivity index is 1.38. The lowest BCUT2D eigenvalue weighted by Crippen LogP contribution is -2.42. The summed E-state index contributed by atoms with van der Waals surface area (Å²) in [6, 6.07) is 13.5. The monoisotopic (exact) mass is 445 g/mol. The third-order valence-corrected chi connectivity index (χ3v) is 6.27. The van der Waals surface area contributed by atoms with E-state index in [1.165, 1.54) is 0 Å². The zero-order valence-corrected chi connectivity index (χ0v) is 18.7. The molecule has 0 saturated carbocycles. The van der Waals surface area contributed by atoms with E-state index in [2.05, 4.69) is 20.3 Å². The van der Waals surface area contributed by atoms with Gasteiger partial charge in [0.1, 0.15) is 6.10 Å². The highest BCUT2D eigenvalue weighted by atomic mass is 32.1. The van der Waals surface area contributed by atoms with Gasteiger partial charge < -0.3 is 15.0 Å². The number of para-hydroxylation sites is 1. The number of pyridine rings is 2. The maximum Gasteiger partial charge on any atom is 0.256 e. The van der Waals surface area contributed by atoms with Crippen molar-refractivity contribution >= 4 is 39.0 Å². The molecule has 1 aromatic carbocycles. The Morgan fingerprint density at radius 3 is 2.88 bits per heavy atom. The largest absolute Gasteiger partial charge is 0.368 e. The number of nitrogens with one attached hydrogen (secondary N) is 1. The molecule has 1 aliphatic rings. The lowest BCUT2D eigenvalue weighted by Gasteiger charge is -2.33. The number of aromatic nitrogens is 3. The van der Waals surface area contributed by atoms with Crippen LogP contribution in [0.25, 0.3) is 10.9 Å². The van der Waals surface area contributed by atoms with Crippen molar-refractivity contribution in [2.24, 2.45) is 0 Å². The number of morpholine rings is 1. The third-order valence-electron chi connectivity index (χ3n) is 5.39. The molecule has 1 N–H and O–H groups in total. The topological polar surface area (TPSA) is 80.2 Å². The fourth-order valence-corrected chi connectivity index (χ4v) is 4.63. The van der Waals surface area contributed by atoms with Crippen molar-refractivity contribution in [2.75, 3.05) is 25.0 Å². The fourth-order valence-electron chi connectivity index (χ4n) is 3.93. The fraction of sp³-hybridized carbons (Fsp3) is 0.250. The molecule has 0 unspecified atom stereocenters. The number of ether oxygens (including phenoxy) is 1. The van der Waals surface area contributed by atoms with Crippen molar-refractivity contribution in [2.45, 2.75) is 20.0 Å². The highest BCUT2D eigenvalue weighted by molar-refractivity contribution is 7.13. The van der Waals surface area contributed by atoms with Crippen LogP contribution in [0.3, 0.4) is 0 Å². The van der Waals surface area contributed by atoms with Crippen LogP contribution < -0.4 is 5.32 Å². The number of thiazole rings is 1. The van der Waals surface area contributed by atoms with Crippen molar-refractivity contribution in [1.29, 1.82) is 0 Å². The summed E-state index contributed by atoms with van der Waals surface area (Å²) >= 11 is 1.56.